The maximum Gasteiger partial charge on any atom is 0.524 e. The maximum absolute atomic E-state index is 11.6. The number of ether oxygens (including phenoxy) is 2. The fourth-order valence-electron chi connectivity index (χ4n) is 1.34. The maximum atomic E-state index is 11.6. The van der Waals surface area contributed by atoms with Crippen LogP contribution >= 0.6 is 0 Å². The number of aryl methyl sites for hydroxylation is 1. The van der Waals surface area contributed by atoms with Crippen molar-refractivity contribution in [3.63, 3.8) is 0 Å². The van der Waals surface area contributed by atoms with Crippen molar-refractivity contribution >= 4 is 24.4 Å². The second-order valence-corrected chi connectivity index (χ2v) is 3.78. The van der Waals surface area contributed by atoms with Crippen molar-refractivity contribution in [1.29, 1.82) is 0 Å². The Labute approximate surface area is 114 Å². The second kappa shape index (κ2) is 7.15. The molecule has 1 atom stereocenters. The van der Waals surface area contributed by atoms with Crippen LogP contribution in [-0.4, -0.2) is 37.5 Å². The molecular formula is C13H13NO6. The van der Waals surface area contributed by atoms with Crippen molar-refractivity contribution in [3.05, 3.63) is 35.4 Å². The lowest BCUT2D eigenvalue weighted by Crippen LogP contribution is -2.38. The number of hydrogen-bond donors (Lipinski definition) is 1. The van der Waals surface area contributed by atoms with Crippen LogP contribution in [-0.2, 0) is 19.1 Å². The van der Waals surface area contributed by atoms with Gasteiger partial charge in [-0.25, -0.2) is 14.4 Å². The molecule has 106 valence electrons. The summed E-state index contributed by atoms with van der Waals surface area (Å²) in [5, 5.41) is 2.32. The van der Waals surface area contributed by atoms with Crippen molar-refractivity contribution in [2.45, 2.75) is 13.0 Å². The molecule has 20 heavy (non-hydrogen) atoms. The highest BCUT2D eigenvalue weighted by Crippen LogP contribution is 2.09. The Hall–Kier alpha value is -2.54. The molecule has 0 saturated heterocycles. The molecule has 0 saturated carbocycles. The highest BCUT2D eigenvalue weighted by atomic mass is 16.8. The van der Waals surface area contributed by atoms with E-state index in [2.05, 4.69) is 14.8 Å². The molecule has 0 aliphatic rings. The summed E-state index contributed by atoms with van der Waals surface area (Å²) in [6.07, 6.45) is -1.22. The SMILES string of the molecule is CNC(C=O)C(=O)OC(=O)OC(=O)c1ccccc1C. The zero-order chi connectivity index (χ0) is 15.1. The molecular weight excluding hydrogens is 266 g/mol. The Bertz CT molecular complexity index is 539. The van der Waals surface area contributed by atoms with Crippen LogP contribution in [0.3, 0.4) is 0 Å². The number of aldehydes is 1. The van der Waals surface area contributed by atoms with Gasteiger partial charge in [-0.05, 0) is 25.6 Å². The molecule has 1 rings (SSSR count). The third-order valence-corrected chi connectivity index (χ3v) is 2.43. The molecule has 0 heterocycles. The molecule has 7 nitrogen and oxygen atoms in total. The topological polar surface area (TPSA) is 98.8 Å². The van der Waals surface area contributed by atoms with Crippen LogP contribution < -0.4 is 5.32 Å². The monoisotopic (exact) mass is 279 g/mol. The highest BCUT2D eigenvalue weighted by molar-refractivity contribution is 6.01. The summed E-state index contributed by atoms with van der Waals surface area (Å²) in [6, 6.07) is 5.15. The first-order valence-electron chi connectivity index (χ1n) is 5.65. The van der Waals surface area contributed by atoms with Gasteiger partial charge in [-0.3, -0.25) is 0 Å². The van der Waals surface area contributed by atoms with Gasteiger partial charge in [0.25, 0.3) is 0 Å². The molecule has 0 radical (unpaired) electrons. The molecule has 0 amide bonds. The zero-order valence-electron chi connectivity index (χ0n) is 10.9. The quantitative estimate of drug-likeness (QED) is 0.489. The smallest absolute Gasteiger partial charge is 0.358 e. The molecule has 7 heteroatoms. The van der Waals surface area contributed by atoms with Crippen LogP contribution in [0.15, 0.2) is 24.3 Å². The molecule has 0 bridgehead atoms. The molecule has 0 aliphatic heterocycles. The normalized spacial score (nSPS) is 11.3. The summed E-state index contributed by atoms with van der Waals surface area (Å²) >= 11 is 0. The van der Waals surface area contributed by atoms with Crippen molar-refractivity contribution in [3.8, 4) is 0 Å². The lowest BCUT2D eigenvalue weighted by atomic mass is 10.1. The molecule has 1 N–H and O–H groups in total. The molecule has 0 fully saturated rings. The Morgan fingerprint density at radius 1 is 1.20 bits per heavy atom. The summed E-state index contributed by atoms with van der Waals surface area (Å²) in [7, 11) is 1.34. The predicted molar refractivity (Wildman–Crippen MR) is 67.0 cm³/mol. The molecule has 0 aliphatic carbocycles. The van der Waals surface area contributed by atoms with E-state index in [-0.39, 0.29) is 11.8 Å². The van der Waals surface area contributed by atoms with Crippen LogP contribution in [0, 0.1) is 6.92 Å². The van der Waals surface area contributed by atoms with Crippen molar-refractivity contribution in [2.75, 3.05) is 7.05 Å². The summed E-state index contributed by atoms with van der Waals surface area (Å²) < 4.78 is 8.57. The number of rotatable bonds is 4. The summed E-state index contributed by atoms with van der Waals surface area (Å²) in [5.74, 6) is -2.09. The third kappa shape index (κ3) is 3.99. The Morgan fingerprint density at radius 2 is 1.85 bits per heavy atom. The summed E-state index contributed by atoms with van der Waals surface area (Å²) in [4.78, 5) is 44.6. The number of likely N-dealkylation sites (N-methyl/N-ethyl adjacent to an activating group) is 1. The first-order valence-corrected chi connectivity index (χ1v) is 5.65. The Morgan fingerprint density at radius 3 is 2.40 bits per heavy atom. The highest BCUT2D eigenvalue weighted by Gasteiger charge is 2.23. The molecule has 1 aromatic carbocycles. The van der Waals surface area contributed by atoms with E-state index in [1.165, 1.54) is 13.1 Å². The van der Waals surface area contributed by atoms with Crippen molar-refractivity contribution < 1.29 is 28.7 Å². The first-order chi connectivity index (χ1) is 9.49. The number of esters is 2. The lowest BCUT2D eigenvalue weighted by Gasteiger charge is -2.08. The predicted octanol–water partition coefficient (Wildman–Crippen LogP) is 0.602. The number of benzene rings is 1. The van der Waals surface area contributed by atoms with Gasteiger partial charge >= 0.3 is 18.1 Å². The van der Waals surface area contributed by atoms with Crippen molar-refractivity contribution in [2.24, 2.45) is 0 Å². The Kier molecular flexibility index (Phi) is 5.55. The van der Waals surface area contributed by atoms with Gasteiger partial charge < -0.3 is 19.6 Å². The molecule has 1 unspecified atom stereocenters. The molecule has 0 spiro atoms. The lowest BCUT2D eigenvalue weighted by molar-refractivity contribution is -0.142. The first kappa shape index (κ1) is 15.5. The minimum Gasteiger partial charge on any atom is -0.358 e. The summed E-state index contributed by atoms with van der Waals surface area (Å²) in [6.45, 7) is 1.66. The number of hydrogen-bond acceptors (Lipinski definition) is 7. The average molecular weight is 279 g/mol. The van der Waals surface area contributed by atoms with Gasteiger partial charge in [-0.1, -0.05) is 18.2 Å². The minimum absolute atomic E-state index is 0.178. The van der Waals surface area contributed by atoms with E-state index in [1.807, 2.05) is 0 Å². The standard InChI is InChI=1S/C13H13NO6/c1-8-5-3-4-6-9(8)11(16)19-13(18)20-12(17)10(7-15)14-2/h3-7,10,14H,1-2H3. The van der Waals surface area contributed by atoms with Crippen molar-refractivity contribution in [1.82, 2.24) is 5.32 Å². The molecule has 1 aromatic rings. The number of carbonyl (C=O) groups is 4. The van der Waals surface area contributed by atoms with E-state index in [9.17, 15) is 19.2 Å². The van der Waals surface area contributed by atoms with Gasteiger partial charge in [0.2, 0.25) is 0 Å². The second-order valence-electron chi connectivity index (χ2n) is 3.78. The average Bonchev–Trinajstić information content (AvgIpc) is 2.40. The summed E-state index contributed by atoms with van der Waals surface area (Å²) in [5.41, 5.74) is 0.787. The van der Waals surface area contributed by atoms with Gasteiger partial charge in [0.15, 0.2) is 6.04 Å². The van der Waals surface area contributed by atoms with Gasteiger partial charge in [0.1, 0.15) is 6.29 Å². The van der Waals surface area contributed by atoms with Gasteiger partial charge in [-0.15, -0.1) is 0 Å². The molecule has 0 aromatic heterocycles. The fraction of sp³-hybridized carbons (Fsp3) is 0.231. The van der Waals surface area contributed by atoms with Crippen LogP contribution in [0.1, 0.15) is 15.9 Å². The van der Waals surface area contributed by atoms with E-state index in [4.69, 9.17) is 0 Å². The zero-order valence-corrected chi connectivity index (χ0v) is 10.9. The third-order valence-electron chi connectivity index (χ3n) is 2.43. The number of nitrogens with one attached hydrogen (secondary N) is 1. The van der Waals surface area contributed by atoms with E-state index < -0.39 is 24.1 Å². The van der Waals surface area contributed by atoms with Gasteiger partial charge in [0, 0.05) is 0 Å². The van der Waals surface area contributed by atoms with Crippen LogP contribution in [0.2, 0.25) is 0 Å². The van der Waals surface area contributed by atoms with E-state index in [1.54, 1.807) is 25.1 Å². The largest absolute Gasteiger partial charge is 0.524 e. The van der Waals surface area contributed by atoms with Crippen LogP contribution in [0.25, 0.3) is 0 Å². The van der Waals surface area contributed by atoms with Crippen LogP contribution in [0.5, 0.6) is 0 Å². The van der Waals surface area contributed by atoms with E-state index >= 15 is 0 Å². The van der Waals surface area contributed by atoms with Crippen LogP contribution in [0.4, 0.5) is 4.79 Å². The van der Waals surface area contributed by atoms with Gasteiger partial charge in [-0.2, -0.15) is 0 Å². The number of carbonyl (C=O) groups excluding carboxylic acids is 4. The Balaban J connectivity index is 2.63. The van der Waals surface area contributed by atoms with E-state index in [0.29, 0.717) is 5.56 Å². The van der Waals surface area contributed by atoms with Gasteiger partial charge in [0.05, 0.1) is 5.56 Å². The van der Waals surface area contributed by atoms with E-state index in [0.717, 1.165) is 0 Å². The fourth-order valence-corrected chi connectivity index (χ4v) is 1.34. The minimum atomic E-state index is -1.48.